The fourth-order valence-corrected chi connectivity index (χ4v) is 1.39. The van der Waals surface area contributed by atoms with Crippen LogP contribution in [0.2, 0.25) is 0 Å². The van der Waals surface area contributed by atoms with Gasteiger partial charge < -0.3 is 14.2 Å². The summed E-state index contributed by atoms with van der Waals surface area (Å²) in [6.45, 7) is 1.48. The molecule has 0 fully saturated rings. The third-order valence-electron chi connectivity index (χ3n) is 1.60. The quantitative estimate of drug-likeness (QED) is 0.322. The first kappa shape index (κ1) is 13.6. The molecule has 14 heavy (non-hydrogen) atoms. The predicted octanol–water partition coefficient (Wildman–Crippen LogP) is 1.66. The third kappa shape index (κ3) is 8.23. The van der Waals surface area contributed by atoms with E-state index in [1.54, 1.807) is 14.2 Å². The van der Waals surface area contributed by atoms with E-state index in [0.29, 0.717) is 12.5 Å². The standard InChI is InChI=1S/C8H18NO4P/c1-9-8(12-2)6-4-5-7-13-14(3,10)11/h4-7H2,1-3H3,(H,10,11). The molecule has 6 heteroatoms. The summed E-state index contributed by atoms with van der Waals surface area (Å²) < 4.78 is 20.4. The Kier molecular flexibility index (Phi) is 6.79. The van der Waals surface area contributed by atoms with Gasteiger partial charge in [-0.1, -0.05) is 0 Å². The highest BCUT2D eigenvalue weighted by Gasteiger charge is 2.08. The van der Waals surface area contributed by atoms with Crippen LogP contribution in [0.15, 0.2) is 4.99 Å². The van der Waals surface area contributed by atoms with Crippen molar-refractivity contribution in [2.75, 3.05) is 27.4 Å². The Morgan fingerprint density at radius 2 is 2.14 bits per heavy atom. The fourth-order valence-electron chi connectivity index (χ4n) is 0.917. The molecule has 1 unspecified atom stereocenters. The van der Waals surface area contributed by atoms with Gasteiger partial charge in [0.05, 0.1) is 13.7 Å². The summed E-state index contributed by atoms with van der Waals surface area (Å²) in [5.74, 6) is 0.689. The molecule has 0 rings (SSSR count). The Balaban J connectivity index is 3.43. The molecule has 0 aromatic rings. The van der Waals surface area contributed by atoms with Crippen LogP contribution in [0.3, 0.4) is 0 Å². The van der Waals surface area contributed by atoms with Gasteiger partial charge in [0.25, 0.3) is 0 Å². The van der Waals surface area contributed by atoms with Crippen LogP contribution >= 0.6 is 7.60 Å². The van der Waals surface area contributed by atoms with Gasteiger partial charge in [-0.25, -0.2) is 0 Å². The molecule has 0 radical (unpaired) electrons. The summed E-state index contributed by atoms with van der Waals surface area (Å²) in [5.41, 5.74) is 0. The monoisotopic (exact) mass is 223 g/mol. The molecule has 0 aliphatic carbocycles. The lowest BCUT2D eigenvalue weighted by Gasteiger charge is -2.06. The number of aliphatic imine (C=N–C) groups is 1. The fraction of sp³-hybridized carbons (Fsp3) is 0.875. The average molecular weight is 223 g/mol. The molecule has 1 N–H and O–H groups in total. The number of methoxy groups -OCH3 is 1. The molecule has 5 nitrogen and oxygen atoms in total. The van der Waals surface area contributed by atoms with Gasteiger partial charge in [0.15, 0.2) is 5.90 Å². The van der Waals surface area contributed by atoms with Gasteiger partial charge in [-0.15, -0.1) is 0 Å². The zero-order valence-electron chi connectivity index (χ0n) is 8.89. The van der Waals surface area contributed by atoms with Gasteiger partial charge in [-0.2, -0.15) is 0 Å². The number of nitrogens with zero attached hydrogens (tertiary/aromatic N) is 1. The molecule has 0 aromatic heterocycles. The van der Waals surface area contributed by atoms with E-state index in [4.69, 9.17) is 14.2 Å². The smallest absolute Gasteiger partial charge is 0.325 e. The largest absolute Gasteiger partial charge is 0.484 e. The van der Waals surface area contributed by atoms with Crippen molar-refractivity contribution in [3.05, 3.63) is 0 Å². The van der Waals surface area contributed by atoms with Crippen LogP contribution in [0, 0.1) is 0 Å². The molecule has 0 amide bonds. The summed E-state index contributed by atoms with van der Waals surface area (Å²) >= 11 is 0. The van der Waals surface area contributed by atoms with E-state index in [9.17, 15) is 4.57 Å². The van der Waals surface area contributed by atoms with Gasteiger partial charge in [0, 0.05) is 20.1 Å². The van der Waals surface area contributed by atoms with Crippen molar-refractivity contribution in [2.45, 2.75) is 19.3 Å². The van der Waals surface area contributed by atoms with Crippen molar-refractivity contribution < 1.29 is 18.7 Å². The maximum atomic E-state index is 10.7. The molecule has 0 spiro atoms. The van der Waals surface area contributed by atoms with Crippen LogP contribution in [0.25, 0.3) is 0 Å². The molecule has 0 saturated heterocycles. The lowest BCUT2D eigenvalue weighted by Crippen LogP contribution is -2.01. The molecule has 0 saturated carbocycles. The third-order valence-corrected chi connectivity index (χ3v) is 2.26. The summed E-state index contributed by atoms with van der Waals surface area (Å²) in [5, 5.41) is 0. The van der Waals surface area contributed by atoms with E-state index in [0.717, 1.165) is 19.3 Å². The minimum Gasteiger partial charge on any atom is -0.484 e. The second-order valence-electron chi connectivity index (χ2n) is 2.91. The summed E-state index contributed by atoms with van der Waals surface area (Å²) in [4.78, 5) is 12.7. The van der Waals surface area contributed by atoms with Crippen LogP contribution < -0.4 is 0 Å². The molecule has 0 aliphatic heterocycles. The minimum atomic E-state index is -3.30. The van der Waals surface area contributed by atoms with Crippen LogP contribution in [-0.2, 0) is 13.8 Å². The van der Waals surface area contributed by atoms with Crippen LogP contribution in [0.5, 0.6) is 0 Å². The Morgan fingerprint density at radius 3 is 2.57 bits per heavy atom. The average Bonchev–Trinajstić information content (AvgIpc) is 2.09. The molecule has 0 aromatic carbocycles. The van der Waals surface area contributed by atoms with Gasteiger partial charge in [0.2, 0.25) is 0 Å². The lowest BCUT2D eigenvalue weighted by atomic mass is 10.2. The molecule has 0 aliphatic rings. The summed E-state index contributed by atoms with van der Waals surface area (Å²) in [6, 6.07) is 0. The predicted molar refractivity (Wildman–Crippen MR) is 55.9 cm³/mol. The van der Waals surface area contributed by atoms with Gasteiger partial charge in [0.1, 0.15) is 0 Å². The van der Waals surface area contributed by atoms with Crippen LogP contribution in [0.1, 0.15) is 19.3 Å². The van der Waals surface area contributed by atoms with Gasteiger partial charge >= 0.3 is 7.60 Å². The normalized spacial score (nSPS) is 16.4. The highest BCUT2D eigenvalue weighted by molar-refractivity contribution is 7.51. The SMILES string of the molecule is CN=C(CCCCOP(C)(=O)O)OC. The van der Waals surface area contributed by atoms with Crippen molar-refractivity contribution >= 4 is 13.5 Å². The van der Waals surface area contributed by atoms with E-state index >= 15 is 0 Å². The zero-order valence-corrected chi connectivity index (χ0v) is 9.79. The van der Waals surface area contributed by atoms with Gasteiger partial charge in [-0.3, -0.25) is 9.56 Å². The van der Waals surface area contributed by atoms with E-state index in [1.807, 2.05) is 0 Å². The number of unbranched alkanes of at least 4 members (excludes halogenated alkanes) is 1. The van der Waals surface area contributed by atoms with Crippen molar-refractivity contribution in [3.8, 4) is 0 Å². The summed E-state index contributed by atoms with van der Waals surface area (Å²) in [6.07, 6.45) is 2.29. The Hall–Kier alpha value is -0.380. The first-order valence-electron chi connectivity index (χ1n) is 4.44. The number of ether oxygens (including phenoxy) is 1. The number of hydrogen-bond acceptors (Lipinski definition) is 4. The molecule has 84 valence electrons. The van der Waals surface area contributed by atoms with E-state index in [-0.39, 0.29) is 0 Å². The van der Waals surface area contributed by atoms with Crippen molar-refractivity contribution in [2.24, 2.45) is 4.99 Å². The Bertz CT molecular complexity index is 223. The van der Waals surface area contributed by atoms with Crippen molar-refractivity contribution in [1.29, 1.82) is 0 Å². The molecule has 0 heterocycles. The Labute approximate surface area is 84.7 Å². The molecule has 0 bridgehead atoms. The first-order chi connectivity index (χ1) is 6.49. The molecule has 1 atom stereocenters. The maximum Gasteiger partial charge on any atom is 0.325 e. The molecular formula is C8H18NO4P. The second kappa shape index (κ2) is 6.98. The second-order valence-corrected chi connectivity index (χ2v) is 4.78. The molecular weight excluding hydrogens is 205 g/mol. The highest BCUT2D eigenvalue weighted by Crippen LogP contribution is 2.36. The minimum absolute atomic E-state index is 0.297. The van der Waals surface area contributed by atoms with Crippen LogP contribution in [0.4, 0.5) is 0 Å². The maximum absolute atomic E-state index is 10.7. The first-order valence-corrected chi connectivity index (χ1v) is 6.46. The van der Waals surface area contributed by atoms with E-state index < -0.39 is 7.60 Å². The topological polar surface area (TPSA) is 68.1 Å². The van der Waals surface area contributed by atoms with E-state index in [2.05, 4.69) is 4.99 Å². The number of rotatable bonds is 6. The van der Waals surface area contributed by atoms with E-state index in [1.165, 1.54) is 6.66 Å². The number of hydrogen-bond donors (Lipinski definition) is 1. The van der Waals surface area contributed by atoms with Crippen LogP contribution in [-0.4, -0.2) is 38.2 Å². The van der Waals surface area contributed by atoms with Crippen molar-refractivity contribution in [3.63, 3.8) is 0 Å². The van der Waals surface area contributed by atoms with Gasteiger partial charge in [-0.05, 0) is 12.8 Å². The summed E-state index contributed by atoms with van der Waals surface area (Å²) in [7, 11) is -0.0588. The Morgan fingerprint density at radius 1 is 1.50 bits per heavy atom. The van der Waals surface area contributed by atoms with Crippen molar-refractivity contribution in [1.82, 2.24) is 0 Å². The highest BCUT2D eigenvalue weighted by atomic mass is 31.2. The lowest BCUT2D eigenvalue weighted by molar-refractivity contribution is 0.258. The zero-order chi connectivity index (χ0) is 11.0.